The van der Waals surface area contributed by atoms with Gasteiger partial charge in [-0.25, -0.2) is 4.90 Å². The molecule has 1 aliphatic heterocycles. The van der Waals surface area contributed by atoms with Crippen LogP contribution < -0.4 is 9.64 Å². The van der Waals surface area contributed by atoms with E-state index in [0.29, 0.717) is 4.90 Å². The molecule has 0 saturated heterocycles. The van der Waals surface area contributed by atoms with Crippen LogP contribution in [-0.4, -0.2) is 21.7 Å². The van der Waals surface area contributed by atoms with Crippen molar-refractivity contribution in [3.05, 3.63) is 98.1 Å². The number of benzene rings is 3. The minimum Gasteiger partial charge on any atom is -0.455 e. The Bertz CT molecular complexity index is 1190. The summed E-state index contributed by atoms with van der Waals surface area (Å²) in [6.45, 7) is 0. The first kappa shape index (κ1) is 18.7. The molecule has 3 aromatic rings. The number of fused-ring (bicyclic) bond motifs is 1. The summed E-state index contributed by atoms with van der Waals surface area (Å²) in [5.74, 6) is -1.40. The highest BCUT2D eigenvalue weighted by Crippen LogP contribution is 2.43. The van der Waals surface area contributed by atoms with Crippen LogP contribution in [0.4, 0.5) is 17.1 Å². The number of imide groups is 1. The summed E-state index contributed by atoms with van der Waals surface area (Å²) in [7, 11) is 0. The zero-order valence-electron chi connectivity index (χ0n) is 15.1. The Morgan fingerprint density at radius 3 is 1.87 bits per heavy atom. The van der Waals surface area contributed by atoms with Crippen molar-refractivity contribution in [3.63, 3.8) is 0 Å². The Hall–Kier alpha value is -4.60. The maximum Gasteiger partial charge on any atom is 0.297 e. The molecular formula is C20H11N3O7. The van der Waals surface area contributed by atoms with Gasteiger partial charge in [-0.3, -0.25) is 29.8 Å². The van der Waals surface area contributed by atoms with Crippen LogP contribution in [0.5, 0.6) is 11.5 Å². The first-order valence-electron chi connectivity index (χ1n) is 8.56. The highest BCUT2D eigenvalue weighted by atomic mass is 16.6. The lowest BCUT2D eigenvalue weighted by Gasteiger charge is -2.18. The van der Waals surface area contributed by atoms with Gasteiger partial charge in [0.15, 0.2) is 11.4 Å². The number of carbonyl (C=O) groups excluding carboxylic acids is 2. The van der Waals surface area contributed by atoms with Gasteiger partial charge in [0.2, 0.25) is 0 Å². The average molecular weight is 405 g/mol. The van der Waals surface area contributed by atoms with Gasteiger partial charge in [0.1, 0.15) is 5.75 Å². The third kappa shape index (κ3) is 3.02. The van der Waals surface area contributed by atoms with E-state index in [1.54, 1.807) is 12.1 Å². The fourth-order valence-electron chi connectivity index (χ4n) is 3.12. The second kappa shape index (κ2) is 7.09. The summed E-state index contributed by atoms with van der Waals surface area (Å²) in [6, 6.07) is 15.0. The molecule has 0 bridgehead atoms. The number of nitro groups is 2. The number of nitro benzene ring substituents is 2. The van der Waals surface area contributed by atoms with Gasteiger partial charge in [-0.1, -0.05) is 18.2 Å². The van der Waals surface area contributed by atoms with Gasteiger partial charge in [0, 0.05) is 18.2 Å². The zero-order chi connectivity index (χ0) is 21.4. The molecule has 4 rings (SSSR count). The summed E-state index contributed by atoms with van der Waals surface area (Å²) in [5.41, 5.74) is -0.721. The molecule has 0 spiro atoms. The monoisotopic (exact) mass is 405 g/mol. The van der Waals surface area contributed by atoms with E-state index >= 15 is 0 Å². The van der Waals surface area contributed by atoms with E-state index in [4.69, 9.17) is 4.74 Å². The van der Waals surface area contributed by atoms with Gasteiger partial charge >= 0.3 is 0 Å². The smallest absolute Gasteiger partial charge is 0.297 e. The van der Waals surface area contributed by atoms with E-state index in [2.05, 4.69) is 0 Å². The highest BCUT2D eigenvalue weighted by Gasteiger charge is 2.41. The molecule has 0 fully saturated rings. The second-order valence-corrected chi connectivity index (χ2v) is 6.23. The van der Waals surface area contributed by atoms with E-state index in [1.165, 1.54) is 48.5 Å². The first-order chi connectivity index (χ1) is 14.4. The number of hydrogen-bond donors (Lipinski definition) is 0. The van der Waals surface area contributed by atoms with Crippen LogP contribution in [0, 0.1) is 20.2 Å². The van der Waals surface area contributed by atoms with Gasteiger partial charge in [0.25, 0.3) is 23.2 Å². The Morgan fingerprint density at radius 2 is 1.33 bits per heavy atom. The number of ether oxygens (including phenoxy) is 1. The standard InChI is InChI=1S/C20H11N3O7/c24-19-14-4-1-2-5-15(14)20(25)21(19)18-16(23(28)29)6-3-7-17(18)30-13-10-8-12(9-11-13)22(26)27/h1-11H. The van der Waals surface area contributed by atoms with Crippen LogP contribution in [-0.2, 0) is 0 Å². The van der Waals surface area contributed by atoms with Gasteiger partial charge in [0.05, 0.1) is 21.0 Å². The molecule has 0 N–H and O–H groups in total. The van der Waals surface area contributed by atoms with Crippen LogP contribution >= 0.6 is 0 Å². The van der Waals surface area contributed by atoms with Gasteiger partial charge in [-0.05, 0) is 30.3 Å². The summed E-state index contributed by atoms with van der Waals surface area (Å²) in [6.07, 6.45) is 0. The van der Waals surface area contributed by atoms with Crippen molar-refractivity contribution in [3.8, 4) is 11.5 Å². The minimum absolute atomic E-state index is 0.118. The molecule has 0 radical (unpaired) electrons. The van der Waals surface area contributed by atoms with E-state index in [9.17, 15) is 29.8 Å². The van der Waals surface area contributed by atoms with Crippen LogP contribution in [0.25, 0.3) is 0 Å². The SMILES string of the molecule is O=C1c2ccccc2C(=O)N1c1c(Oc2ccc([N+](=O)[O-])cc2)cccc1[N+](=O)[O-]. The Labute approximate surface area is 168 Å². The van der Waals surface area contributed by atoms with E-state index < -0.39 is 27.3 Å². The number of carbonyl (C=O) groups is 2. The largest absolute Gasteiger partial charge is 0.455 e. The lowest BCUT2D eigenvalue weighted by Crippen LogP contribution is -2.30. The zero-order valence-corrected chi connectivity index (χ0v) is 15.1. The molecule has 0 aromatic heterocycles. The number of anilines is 1. The molecular weight excluding hydrogens is 394 g/mol. The quantitative estimate of drug-likeness (QED) is 0.354. The number of hydrogen-bond acceptors (Lipinski definition) is 7. The third-order valence-electron chi connectivity index (χ3n) is 4.47. The van der Waals surface area contributed by atoms with Crippen molar-refractivity contribution in [2.75, 3.05) is 4.90 Å². The molecule has 30 heavy (non-hydrogen) atoms. The van der Waals surface area contributed by atoms with Crippen LogP contribution in [0.2, 0.25) is 0 Å². The minimum atomic E-state index is -0.721. The molecule has 148 valence electrons. The summed E-state index contributed by atoms with van der Waals surface area (Å²) in [5, 5.41) is 22.4. The fourth-order valence-corrected chi connectivity index (χ4v) is 3.12. The number of nitrogens with zero attached hydrogens (tertiary/aromatic N) is 3. The lowest BCUT2D eigenvalue weighted by atomic mass is 10.1. The van der Waals surface area contributed by atoms with Crippen molar-refractivity contribution in [1.82, 2.24) is 0 Å². The van der Waals surface area contributed by atoms with Crippen molar-refractivity contribution in [2.24, 2.45) is 0 Å². The molecule has 10 heteroatoms. The van der Waals surface area contributed by atoms with E-state index in [1.807, 2.05) is 0 Å². The Balaban J connectivity index is 1.81. The number of non-ortho nitro benzene ring substituents is 1. The molecule has 2 amide bonds. The molecule has 10 nitrogen and oxygen atoms in total. The maximum absolute atomic E-state index is 12.9. The topological polar surface area (TPSA) is 133 Å². The van der Waals surface area contributed by atoms with E-state index in [0.717, 1.165) is 6.07 Å². The molecule has 1 aliphatic rings. The molecule has 3 aromatic carbocycles. The summed E-state index contributed by atoms with van der Waals surface area (Å²) in [4.78, 5) is 47.5. The highest BCUT2D eigenvalue weighted by molar-refractivity contribution is 6.35. The number of amides is 2. The maximum atomic E-state index is 12.9. The molecule has 0 atom stereocenters. The first-order valence-corrected chi connectivity index (χ1v) is 8.56. The van der Waals surface area contributed by atoms with Crippen LogP contribution in [0.3, 0.4) is 0 Å². The number of rotatable bonds is 5. The lowest BCUT2D eigenvalue weighted by molar-refractivity contribution is -0.384. The van der Waals surface area contributed by atoms with Crippen LogP contribution in [0.15, 0.2) is 66.7 Å². The molecule has 0 aliphatic carbocycles. The van der Waals surface area contributed by atoms with Crippen molar-refractivity contribution < 1.29 is 24.2 Å². The second-order valence-electron chi connectivity index (χ2n) is 6.23. The Kier molecular flexibility index (Phi) is 4.43. The van der Waals surface area contributed by atoms with Gasteiger partial charge in [-0.2, -0.15) is 0 Å². The molecule has 0 saturated carbocycles. The predicted molar refractivity (Wildman–Crippen MR) is 104 cm³/mol. The van der Waals surface area contributed by atoms with Crippen molar-refractivity contribution in [1.29, 1.82) is 0 Å². The predicted octanol–water partition coefficient (Wildman–Crippen LogP) is 4.10. The van der Waals surface area contributed by atoms with Crippen molar-refractivity contribution in [2.45, 2.75) is 0 Å². The van der Waals surface area contributed by atoms with Crippen LogP contribution in [0.1, 0.15) is 20.7 Å². The number of para-hydroxylation sites is 1. The average Bonchev–Trinajstić information content (AvgIpc) is 2.99. The summed E-state index contributed by atoms with van der Waals surface area (Å²) >= 11 is 0. The summed E-state index contributed by atoms with van der Waals surface area (Å²) < 4.78 is 5.67. The third-order valence-corrected chi connectivity index (χ3v) is 4.47. The van der Waals surface area contributed by atoms with Crippen molar-refractivity contribution >= 4 is 28.9 Å². The Morgan fingerprint density at radius 1 is 0.733 bits per heavy atom. The molecule has 1 heterocycles. The normalized spacial score (nSPS) is 12.6. The fraction of sp³-hybridized carbons (Fsp3) is 0. The van der Waals surface area contributed by atoms with Gasteiger partial charge in [-0.15, -0.1) is 0 Å². The molecule has 0 unspecified atom stereocenters. The van der Waals surface area contributed by atoms with Gasteiger partial charge < -0.3 is 4.74 Å². The van der Waals surface area contributed by atoms with E-state index in [-0.39, 0.29) is 34.0 Å².